The molecule has 4 rings (SSSR count). The number of carbonyl (C=O) groups is 2. The average molecular weight is 536 g/mol. The molecule has 0 aliphatic rings. The van der Waals surface area contributed by atoms with E-state index in [4.69, 9.17) is 16.2 Å². The van der Waals surface area contributed by atoms with Gasteiger partial charge in [-0.05, 0) is 60.7 Å². The lowest BCUT2D eigenvalue weighted by Gasteiger charge is -2.38. The summed E-state index contributed by atoms with van der Waals surface area (Å²) in [5, 5.41) is 0. The largest absolute Gasteiger partial charge is 0.489 e. The summed E-state index contributed by atoms with van der Waals surface area (Å²) in [4.78, 5) is 29.0. The Hall–Kier alpha value is -4.42. The number of benzene rings is 4. The van der Waals surface area contributed by atoms with Crippen LogP contribution in [0.25, 0.3) is 0 Å². The molecule has 4 aromatic carbocycles. The van der Waals surface area contributed by atoms with E-state index in [1.807, 2.05) is 122 Å². The van der Waals surface area contributed by atoms with E-state index in [0.29, 0.717) is 26.0 Å². The Morgan fingerprint density at radius 1 is 0.750 bits per heavy atom. The second kappa shape index (κ2) is 14.1. The zero-order chi connectivity index (χ0) is 28.3. The molecule has 6 nitrogen and oxygen atoms in total. The summed E-state index contributed by atoms with van der Waals surface area (Å²) < 4.78 is 5.96. The molecule has 0 aliphatic carbocycles. The summed E-state index contributed by atoms with van der Waals surface area (Å²) in [6, 6.07) is 35.7. The maximum Gasteiger partial charge on any atom is 0.240 e. The van der Waals surface area contributed by atoms with Crippen LogP contribution in [0, 0.1) is 0 Å². The molecule has 0 heterocycles. The predicted octanol–water partition coefficient (Wildman–Crippen LogP) is 5.58. The minimum Gasteiger partial charge on any atom is -0.489 e. The highest BCUT2D eigenvalue weighted by Crippen LogP contribution is 2.34. The fourth-order valence-corrected chi connectivity index (χ4v) is 5.01. The van der Waals surface area contributed by atoms with Crippen LogP contribution < -0.4 is 16.2 Å². The first-order chi connectivity index (χ1) is 19.5. The van der Waals surface area contributed by atoms with Crippen molar-refractivity contribution in [2.45, 2.75) is 44.4 Å². The average Bonchev–Trinajstić information content (AvgIpc) is 2.99. The SMILES string of the molecule is C[C@H](c1ccc(OCc2ccccc2)cc1)N(C(=O)C(c1ccccc1)c1ccccc1)[C@H](CCCN)C(N)=O. The van der Waals surface area contributed by atoms with Crippen LogP contribution in [0.4, 0.5) is 0 Å². The summed E-state index contributed by atoms with van der Waals surface area (Å²) in [5.74, 6) is -0.608. The second-order valence-electron chi connectivity index (χ2n) is 9.87. The van der Waals surface area contributed by atoms with Crippen molar-refractivity contribution in [1.29, 1.82) is 0 Å². The third-order valence-electron chi connectivity index (χ3n) is 7.14. The van der Waals surface area contributed by atoms with Crippen molar-refractivity contribution in [1.82, 2.24) is 4.90 Å². The van der Waals surface area contributed by atoms with Crippen LogP contribution in [0.3, 0.4) is 0 Å². The van der Waals surface area contributed by atoms with Gasteiger partial charge < -0.3 is 21.1 Å². The zero-order valence-corrected chi connectivity index (χ0v) is 22.9. The Morgan fingerprint density at radius 2 is 1.27 bits per heavy atom. The van der Waals surface area contributed by atoms with Gasteiger partial charge in [-0.25, -0.2) is 0 Å². The van der Waals surface area contributed by atoms with Crippen molar-refractivity contribution in [2.24, 2.45) is 11.5 Å². The quantitative estimate of drug-likeness (QED) is 0.233. The monoisotopic (exact) mass is 535 g/mol. The first kappa shape index (κ1) is 28.6. The van der Waals surface area contributed by atoms with E-state index in [2.05, 4.69) is 0 Å². The van der Waals surface area contributed by atoms with Gasteiger partial charge in [0.2, 0.25) is 11.8 Å². The van der Waals surface area contributed by atoms with Crippen molar-refractivity contribution in [2.75, 3.05) is 6.54 Å². The molecule has 4 aromatic rings. The number of amides is 2. The standard InChI is InChI=1S/C34H37N3O3/c1-25(27-19-21-30(22-20-27)40-24-26-12-5-2-6-13-26)37(31(33(36)38)18-11-23-35)34(39)32(28-14-7-3-8-15-28)29-16-9-4-10-17-29/h2-10,12-17,19-22,25,31-32H,11,18,23-24,35H2,1H3,(H2,36,38)/t25-,31-/m1/s1. The van der Waals surface area contributed by atoms with Crippen LogP contribution in [0.1, 0.15) is 54.0 Å². The van der Waals surface area contributed by atoms with Gasteiger partial charge in [0.15, 0.2) is 0 Å². The van der Waals surface area contributed by atoms with E-state index < -0.39 is 23.9 Å². The Morgan fingerprint density at radius 3 is 1.77 bits per heavy atom. The summed E-state index contributed by atoms with van der Waals surface area (Å²) in [7, 11) is 0. The number of nitrogens with zero attached hydrogens (tertiary/aromatic N) is 1. The van der Waals surface area contributed by atoms with Crippen LogP contribution in [0.2, 0.25) is 0 Å². The third kappa shape index (κ3) is 7.16. The molecule has 0 bridgehead atoms. The van der Waals surface area contributed by atoms with E-state index in [0.717, 1.165) is 28.0 Å². The van der Waals surface area contributed by atoms with Gasteiger partial charge in [0.1, 0.15) is 18.4 Å². The lowest BCUT2D eigenvalue weighted by atomic mass is 9.88. The predicted molar refractivity (Wildman–Crippen MR) is 158 cm³/mol. The van der Waals surface area contributed by atoms with Gasteiger partial charge >= 0.3 is 0 Å². The summed E-state index contributed by atoms with van der Waals surface area (Å²) in [6.07, 6.45) is 0.953. The number of ether oxygens (including phenoxy) is 1. The molecule has 6 heteroatoms. The van der Waals surface area contributed by atoms with Crippen LogP contribution in [0.5, 0.6) is 5.75 Å². The second-order valence-corrected chi connectivity index (χ2v) is 9.87. The minimum atomic E-state index is -0.810. The van der Waals surface area contributed by atoms with Crippen LogP contribution >= 0.6 is 0 Å². The van der Waals surface area contributed by atoms with Crippen molar-refractivity contribution < 1.29 is 14.3 Å². The first-order valence-electron chi connectivity index (χ1n) is 13.7. The van der Waals surface area contributed by atoms with E-state index in [9.17, 15) is 9.59 Å². The van der Waals surface area contributed by atoms with E-state index in [1.165, 1.54) is 0 Å². The fourth-order valence-electron chi connectivity index (χ4n) is 5.01. The fraction of sp³-hybridized carbons (Fsp3) is 0.235. The molecule has 0 spiro atoms. The van der Waals surface area contributed by atoms with Crippen LogP contribution in [0.15, 0.2) is 115 Å². The van der Waals surface area contributed by atoms with Gasteiger partial charge in [-0.1, -0.05) is 103 Å². The molecule has 4 N–H and O–H groups in total. The van der Waals surface area contributed by atoms with Crippen LogP contribution in [-0.2, 0) is 16.2 Å². The van der Waals surface area contributed by atoms with E-state index >= 15 is 0 Å². The van der Waals surface area contributed by atoms with Gasteiger partial charge in [0.25, 0.3) is 0 Å². The smallest absolute Gasteiger partial charge is 0.240 e. The molecule has 0 fully saturated rings. The molecule has 206 valence electrons. The number of nitrogens with two attached hydrogens (primary N) is 2. The Labute approximate surface area is 236 Å². The highest BCUT2D eigenvalue weighted by molar-refractivity contribution is 5.92. The molecule has 0 aliphatic heterocycles. The Kier molecular flexibility index (Phi) is 10.1. The lowest BCUT2D eigenvalue weighted by Crippen LogP contribution is -2.50. The van der Waals surface area contributed by atoms with Crippen molar-refractivity contribution in [3.05, 3.63) is 138 Å². The molecule has 0 saturated heterocycles. The Bertz CT molecular complexity index is 1310. The van der Waals surface area contributed by atoms with Crippen molar-refractivity contribution in [3.8, 4) is 5.75 Å². The lowest BCUT2D eigenvalue weighted by molar-refractivity contribution is -0.142. The topological polar surface area (TPSA) is 98.7 Å². The molecule has 0 radical (unpaired) electrons. The number of hydrogen-bond donors (Lipinski definition) is 2. The molecular formula is C34H37N3O3. The number of rotatable bonds is 13. The van der Waals surface area contributed by atoms with Gasteiger partial charge in [0.05, 0.1) is 12.0 Å². The normalized spacial score (nSPS) is 12.5. The van der Waals surface area contributed by atoms with E-state index in [-0.39, 0.29) is 5.91 Å². The summed E-state index contributed by atoms with van der Waals surface area (Å²) in [6.45, 7) is 2.79. The minimum absolute atomic E-state index is 0.185. The first-order valence-corrected chi connectivity index (χ1v) is 13.7. The maximum atomic E-state index is 14.6. The number of carbonyl (C=O) groups excluding carboxylic acids is 2. The highest BCUT2D eigenvalue weighted by Gasteiger charge is 2.37. The van der Waals surface area contributed by atoms with Gasteiger partial charge in [-0.3, -0.25) is 9.59 Å². The number of primary amides is 1. The summed E-state index contributed by atoms with van der Waals surface area (Å²) >= 11 is 0. The van der Waals surface area contributed by atoms with Gasteiger partial charge in [0, 0.05) is 0 Å². The van der Waals surface area contributed by atoms with Crippen LogP contribution in [-0.4, -0.2) is 29.3 Å². The molecule has 0 unspecified atom stereocenters. The molecule has 40 heavy (non-hydrogen) atoms. The van der Waals surface area contributed by atoms with Crippen molar-refractivity contribution in [3.63, 3.8) is 0 Å². The van der Waals surface area contributed by atoms with Crippen molar-refractivity contribution >= 4 is 11.8 Å². The maximum absolute atomic E-state index is 14.6. The zero-order valence-electron chi connectivity index (χ0n) is 22.9. The van der Waals surface area contributed by atoms with E-state index in [1.54, 1.807) is 4.90 Å². The summed E-state index contributed by atoms with van der Waals surface area (Å²) in [5.41, 5.74) is 15.4. The molecular weight excluding hydrogens is 498 g/mol. The molecule has 0 aromatic heterocycles. The Balaban J connectivity index is 1.67. The number of hydrogen-bond acceptors (Lipinski definition) is 4. The third-order valence-corrected chi connectivity index (χ3v) is 7.14. The van der Waals surface area contributed by atoms with Gasteiger partial charge in [-0.2, -0.15) is 0 Å². The molecule has 2 amide bonds. The highest BCUT2D eigenvalue weighted by atomic mass is 16.5. The molecule has 0 saturated carbocycles. The molecule has 2 atom stereocenters. The van der Waals surface area contributed by atoms with Gasteiger partial charge in [-0.15, -0.1) is 0 Å².